The van der Waals surface area contributed by atoms with E-state index >= 15 is 0 Å². The Balaban J connectivity index is 2.86. The van der Waals surface area contributed by atoms with Gasteiger partial charge in [-0.2, -0.15) is 0 Å². The van der Waals surface area contributed by atoms with Crippen LogP contribution in [-0.4, -0.2) is 25.6 Å². The fourth-order valence-electron chi connectivity index (χ4n) is 1.28. The summed E-state index contributed by atoms with van der Waals surface area (Å²) in [4.78, 5) is 0. The first kappa shape index (κ1) is 10.6. The molecule has 1 aromatic rings. The van der Waals surface area contributed by atoms with Crippen LogP contribution in [0.15, 0.2) is 18.2 Å². The van der Waals surface area contributed by atoms with Crippen LogP contribution in [0.2, 0.25) is 5.02 Å². The first-order valence-corrected chi connectivity index (χ1v) is 4.82. The summed E-state index contributed by atoms with van der Waals surface area (Å²) < 4.78 is 0.930. The van der Waals surface area contributed by atoms with Crippen LogP contribution >= 0.6 is 11.6 Å². The second-order valence-electron chi connectivity index (χ2n) is 4.53. The van der Waals surface area contributed by atoms with Gasteiger partial charge in [-0.15, -0.1) is 0 Å². The summed E-state index contributed by atoms with van der Waals surface area (Å²) in [5.74, 6) is 0. The number of hydrogen-bond acceptors (Lipinski definition) is 0. The highest BCUT2D eigenvalue weighted by Crippen LogP contribution is 2.18. The Hall–Kier alpha value is -0.530. The van der Waals surface area contributed by atoms with Crippen molar-refractivity contribution in [3.8, 4) is 0 Å². The zero-order chi connectivity index (χ0) is 10.1. The summed E-state index contributed by atoms with van der Waals surface area (Å²) in [5.41, 5.74) is 2.44. The second-order valence-corrected chi connectivity index (χ2v) is 4.94. The van der Waals surface area contributed by atoms with Crippen LogP contribution in [0.4, 0.5) is 0 Å². The average molecular weight is 199 g/mol. The minimum atomic E-state index is 0.867. The van der Waals surface area contributed by atoms with Crippen molar-refractivity contribution in [2.45, 2.75) is 13.5 Å². The number of quaternary nitrogens is 1. The molecule has 72 valence electrons. The monoisotopic (exact) mass is 198 g/mol. The van der Waals surface area contributed by atoms with Gasteiger partial charge in [0.15, 0.2) is 0 Å². The Kier molecular flexibility index (Phi) is 2.99. The molecule has 0 aliphatic rings. The highest BCUT2D eigenvalue weighted by Gasteiger charge is 2.08. The molecular formula is C11H17ClN+. The van der Waals surface area contributed by atoms with Crippen LogP contribution in [0.5, 0.6) is 0 Å². The topological polar surface area (TPSA) is 0 Å². The van der Waals surface area contributed by atoms with Crippen molar-refractivity contribution in [3.05, 3.63) is 34.3 Å². The number of hydrogen-bond donors (Lipinski definition) is 0. The lowest BCUT2D eigenvalue weighted by molar-refractivity contribution is -0.884. The third-order valence-electron chi connectivity index (χ3n) is 1.89. The highest BCUT2D eigenvalue weighted by molar-refractivity contribution is 6.31. The van der Waals surface area contributed by atoms with E-state index in [9.17, 15) is 0 Å². The summed E-state index contributed by atoms with van der Waals surface area (Å²) in [6.07, 6.45) is 0. The van der Waals surface area contributed by atoms with Crippen molar-refractivity contribution < 1.29 is 4.48 Å². The Morgan fingerprint density at radius 2 is 1.85 bits per heavy atom. The predicted octanol–water partition coefficient (Wildman–Crippen LogP) is 2.85. The molecule has 2 heteroatoms. The third kappa shape index (κ3) is 3.37. The van der Waals surface area contributed by atoms with E-state index in [4.69, 9.17) is 11.6 Å². The molecule has 0 amide bonds. The van der Waals surface area contributed by atoms with E-state index in [1.165, 1.54) is 5.56 Å². The van der Waals surface area contributed by atoms with Gasteiger partial charge in [0.25, 0.3) is 0 Å². The van der Waals surface area contributed by atoms with Gasteiger partial charge in [0.1, 0.15) is 6.54 Å². The van der Waals surface area contributed by atoms with E-state index in [1.54, 1.807) is 0 Å². The molecule has 1 nitrogen and oxygen atoms in total. The molecule has 0 N–H and O–H groups in total. The molecule has 0 aliphatic heterocycles. The summed E-state index contributed by atoms with van der Waals surface area (Å²) in [5, 5.41) is 0.867. The van der Waals surface area contributed by atoms with Crippen molar-refractivity contribution in [1.82, 2.24) is 0 Å². The van der Waals surface area contributed by atoms with Crippen LogP contribution in [-0.2, 0) is 6.54 Å². The minimum absolute atomic E-state index is 0.867. The van der Waals surface area contributed by atoms with Crippen molar-refractivity contribution in [3.63, 3.8) is 0 Å². The van der Waals surface area contributed by atoms with Gasteiger partial charge in [-0.1, -0.05) is 23.7 Å². The quantitative estimate of drug-likeness (QED) is 0.642. The van der Waals surface area contributed by atoms with Crippen molar-refractivity contribution in [2.75, 3.05) is 21.1 Å². The summed E-state index contributed by atoms with van der Waals surface area (Å²) in [6, 6.07) is 6.28. The van der Waals surface area contributed by atoms with E-state index in [1.807, 2.05) is 6.92 Å². The average Bonchev–Trinajstić information content (AvgIpc) is 1.94. The molecule has 1 rings (SSSR count). The number of benzene rings is 1. The summed E-state index contributed by atoms with van der Waals surface area (Å²) in [6.45, 7) is 3.04. The molecule has 0 radical (unpaired) electrons. The molecule has 0 heterocycles. The summed E-state index contributed by atoms with van der Waals surface area (Å²) >= 11 is 6.04. The van der Waals surface area contributed by atoms with E-state index in [0.717, 1.165) is 21.6 Å². The largest absolute Gasteiger partial charge is 0.327 e. The van der Waals surface area contributed by atoms with Gasteiger partial charge in [-0.3, -0.25) is 0 Å². The van der Waals surface area contributed by atoms with E-state index in [0.29, 0.717) is 0 Å². The van der Waals surface area contributed by atoms with Crippen LogP contribution < -0.4 is 0 Å². The Morgan fingerprint density at radius 3 is 2.31 bits per heavy atom. The number of halogens is 1. The smallest absolute Gasteiger partial charge is 0.104 e. The molecule has 1 aromatic carbocycles. The third-order valence-corrected chi connectivity index (χ3v) is 2.30. The van der Waals surface area contributed by atoms with Crippen molar-refractivity contribution in [1.29, 1.82) is 0 Å². The van der Waals surface area contributed by atoms with Crippen LogP contribution in [0, 0.1) is 6.92 Å². The zero-order valence-corrected chi connectivity index (χ0v) is 9.52. The minimum Gasteiger partial charge on any atom is -0.327 e. The number of aryl methyl sites for hydroxylation is 1. The molecule has 0 aromatic heterocycles. The first-order valence-electron chi connectivity index (χ1n) is 4.44. The van der Waals surface area contributed by atoms with E-state index in [2.05, 4.69) is 39.3 Å². The predicted molar refractivity (Wildman–Crippen MR) is 57.9 cm³/mol. The molecule has 0 fully saturated rings. The van der Waals surface area contributed by atoms with E-state index < -0.39 is 0 Å². The molecule has 0 saturated carbocycles. The maximum atomic E-state index is 6.04. The number of nitrogens with zero attached hydrogens (tertiary/aromatic N) is 1. The Morgan fingerprint density at radius 1 is 1.23 bits per heavy atom. The maximum Gasteiger partial charge on any atom is 0.104 e. The Bertz CT molecular complexity index is 299. The lowest BCUT2D eigenvalue weighted by Crippen LogP contribution is -2.33. The molecule has 0 aliphatic carbocycles. The van der Waals surface area contributed by atoms with Gasteiger partial charge in [0.2, 0.25) is 0 Å². The summed E-state index contributed by atoms with van der Waals surface area (Å²) in [7, 11) is 6.52. The molecular weight excluding hydrogens is 182 g/mol. The van der Waals surface area contributed by atoms with Crippen molar-refractivity contribution >= 4 is 11.6 Å². The van der Waals surface area contributed by atoms with Gasteiger partial charge >= 0.3 is 0 Å². The molecule has 13 heavy (non-hydrogen) atoms. The van der Waals surface area contributed by atoms with Gasteiger partial charge in [0, 0.05) is 10.6 Å². The molecule has 0 atom stereocenters. The SMILES string of the molecule is Cc1ccc(C[N+](C)(C)C)cc1Cl. The molecule has 0 unspecified atom stereocenters. The second kappa shape index (κ2) is 3.69. The van der Waals surface area contributed by atoms with E-state index in [-0.39, 0.29) is 0 Å². The normalized spacial score (nSPS) is 11.8. The van der Waals surface area contributed by atoms with Gasteiger partial charge < -0.3 is 4.48 Å². The first-order chi connectivity index (χ1) is 5.88. The van der Waals surface area contributed by atoms with Gasteiger partial charge in [-0.25, -0.2) is 0 Å². The highest BCUT2D eigenvalue weighted by atomic mass is 35.5. The molecule has 0 spiro atoms. The molecule has 0 saturated heterocycles. The van der Waals surface area contributed by atoms with Crippen LogP contribution in [0.3, 0.4) is 0 Å². The zero-order valence-electron chi connectivity index (χ0n) is 8.76. The number of rotatable bonds is 2. The van der Waals surface area contributed by atoms with Gasteiger partial charge in [0.05, 0.1) is 21.1 Å². The Labute approximate surface area is 85.5 Å². The van der Waals surface area contributed by atoms with Gasteiger partial charge in [-0.05, 0) is 18.6 Å². The fourth-order valence-corrected chi connectivity index (χ4v) is 1.49. The van der Waals surface area contributed by atoms with Crippen LogP contribution in [0.1, 0.15) is 11.1 Å². The maximum absolute atomic E-state index is 6.04. The van der Waals surface area contributed by atoms with Crippen molar-refractivity contribution in [2.24, 2.45) is 0 Å². The fraction of sp³-hybridized carbons (Fsp3) is 0.455. The lowest BCUT2D eigenvalue weighted by atomic mass is 10.1. The molecule has 0 bridgehead atoms. The lowest BCUT2D eigenvalue weighted by Gasteiger charge is -2.24. The standard InChI is InChI=1S/C11H17ClN/c1-9-5-6-10(7-11(9)12)8-13(2,3)4/h5-7H,8H2,1-4H3/q+1. The van der Waals surface area contributed by atoms with Crippen LogP contribution in [0.25, 0.3) is 0 Å².